The van der Waals surface area contributed by atoms with Crippen LogP contribution in [0, 0.1) is 5.92 Å². The second-order valence-corrected chi connectivity index (χ2v) is 7.93. The summed E-state index contributed by atoms with van der Waals surface area (Å²) >= 11 is 0. The highest BCUT2D eigenvalue weighted by atomic mass is 32.2. The van der Waals surface area contributed by atoms with Crippen LogP contribution in [0.2, 0.25) is 0 Å². The van der Waals surface area contributed by atoms with E-state index in [0.29, 0.717) is 17.7 Å². The Hall–Kier alpha value is -2.42. The van der Waals surface area contributed by atoms with E-state index in [4.69, 9.17) is 9.15 Å². The van der Waals surface area contributed by atoms with Crippen molar-refractivity contribution >= 4 is 15.7 Å². The van der Waals surface area contributed by atoms with E-state index in [9.17, 15) is 13.2 Å². The zero-order valence-electron chi connectivity index (χ0n) is 14.5. The van der Waals surface area contributed by atoms with Crippen LogP contribution < -0.4 is 10.1 Å². The highest BCUT2D eigenvalue weighted by Crippen LogP contribution is 2.24. The molecule has 0 aliphatic rings. The molecule has 1 amide bonds. The average molecular weight is 367 g/mol. The largest absolute Gasteiger partial charge is 0.496 e. The maximum Gasteiger partial charge on any atom is 0.335 e. The number of aromatic nitrogens is 2. The summed E-state index contributed by atoms with van der Waals surface area (Å²) in [6, 6.07) is 6.19. The molecule has 0 unspecified atom stereocenters. The Bertz CT molecular complexity index is 845. The van der Waals surface area contributed by atoms with E-state index in [-0.39, 0.29) is 17.7 Å². The van der Waals surface area contributed by atoms with Gasteiger partial charge in [0.15, 0.2) is 0 Å². The van der Waals surface area contributed by atoms with Gasteiger partial charge in [-0.15, -0.1) is 5.10 Å². The molecule has 1 heterocycles. The second-order valence-electron chi connectivity index (χ2n) is 6.03. The Labute approximate surface area is 146 Å². The van der Waals surface area contributed by atoms with Crippen molar-refractivity contribution in [2.24, 2.45) is 5.92 Å². The lowest BCUT2D eigenvalue weighted by molar-refractivity contribution is 0.0920. The van der Waals surface area contributed by atoms with Gasteiger partial charge in [-0.05, 0) is 24.5 Å². The molecule has 1 atom stereocenters. The zero-order chi connectivity index (χ0) is 18.6. The normalized spacial score (nSPS) is 12.8. The van der Waals surface area contributed by atoms with Crippen LogP contribution in [0.15, 0.2) is 33.9 Å². The van der Waals surface area contributed by atoms with E-state index in [1.807, 2.05) is 13.8 Å². The molecule has 0 saturated heterocycles. The van der Waals surface area contributed by atoms with Crippen LogP contribution in [0.1, 0.15) is 42.6 Å². The van der Waals surface area contributed by atoms with Crippen molar-refractivity contribution in [1.82, 2.24) is 15.5 Å². The molecule has 2 rings (SSSR count). The SMILES string of the molecule is COc1ccccc1C(=O)N[C@@H](CC(C)C)c1nnc(S(C)(=O)=O)o1. The molecule has 0 saturated carbocycles. The van der Waals surface area contributed by atoms with Crippen LogP contribution in [0.5, 0.6) is 5.75 Å². The zero-order valence-corrected chi connectivity index (χ0v) is 15.3. The first kappa shape index (κ1) is 18.9. The molecule has 2 aromatic rings. The van der Waals surface area contributed by atoms with Crippen molar-refractivity contribution in [3.05, 3.63) is 35.7 Å². The molecule has 0 spiro atoms. The highest BCUT2D eigenvalue weighted by molar-refractivity contribution is 7.90. The molecule has 0 aliphatic carbocycles. The number of carbonyl (C=O) groups excluding carboxylic acids is 1. The third kappa shape index (κ3) is 4.79. The quantitative estimate of drug-likeness (QED) is 0.796. The molecule has 25 heavy (non-hydrogen) atoms. The van der Waals surface area contributed by atoms with E-state index in [1.54, 1.807) is 24.3 Å². The van der Waals surface area contributed by atoms with E-state index in [1.165, 1.54) is 7.11 Å². The molecule has 1 aromatic carbocycles. The van der Waals surface area contributed by atoms with Gasteiger partial charge in [0, 0.05) is 6.26 Å². The first-order valence-electron chi connectivity index (χ1n) is 7.69. The summed E-state index contributed by atoms with van der Waals surface area (Å²) in [6.45, 7) is 3.94. The molecule has 1 aromatic heterocycles. The van der Waals surface area contributed by atoms with Crippen molar-refractivity contribution in [3.63, 3.8) is 0 Å². The fraction of sp³-hybridized carbons (Fsp3) is 0.438. The summed E-state index contributed by atoms with van der Waals surface area (Å²) in [7, 11) is -2.13. The van der Waals surface area contributed by atoms with E-state index < -0.39 is 21.1 Å². The minimum absolute atomic E-state index is 0.0531. The van der Waals surface area contributed by atoms with Gasteiger partial charge >= 0.3 is 5.22 Å². The summed E-state index contributed by atoms with van der Waals surface area (Å²) in [5, 5.41) is 9.67. The summed E-state index contributed by atoms with van der Waals surface area (Å²) < 4.78 is 33.5. The Balaban J connectivity index is 2.29. The summed E-state index contributed by atoms with van der Waals surface area (Å²) in [6.07, 6.45) is 1.49. The number of nitrogens with one attached hydrogen (secondary N) is 1. The Kier molecular flexibility index (Phi) is 5.78. The van der Waals surface area contributed by atoms with Crippen LogP contribution in [-0.2, 0) is 9.84 Å². The van der Waals surface area contributed by atoms with Gasteiger partial charge in [-0.1, -0.05) is 31.1 Å². The molecule has 0 fully saturated rings. The third-order valence-electron chi connectivity index (χ3n) is 3.40. The Morgan fingerprint density at radius 1 is 1.28 bits per heavy atom. The Morgan fingerprint density at radius 2 is 1.96 bits per heavy atom. The van der Waals surface area contributed by atoms with Gasteiger partial charge in [0.05, 0.1) is 12.7 Å². The predicted octanol–water partition coefficient (Wildman–Crippen LogP) is 2.00. The maximum atomic E-state index is 12.6. The number of ether oxygens (including phenoxy) is 1. The molecule has 0 aliphatic heterocycles. The number of para-hydroxylation sites is 1. The second kappa shape index (κ2) is 7.64. The Morgan fingerprint density at radius 3 is 2.52 bits per heavy atom. The number of rotatable bonds is 7. The topological polar surface area (TPSA) is 111 Å². The van der Waals surface area contributed by atoms with Gasteiger partial charge in [0.2, 0.25) is 15.7 Å². The molecule has 9 heteroatoms. The molecular weight excluding hydrogens is 346 g/mol. The highest BCUT2D eigenvalue weighted by Gasteiger charge is 2.26. The van der Waals surface area contributed by atoms with Gasteiger partial charge in [-0.25, -0.2) is 8.42 Å². The lowest BCUT2D eigenvalue weighted by Gasteiger charge is -2.18. The van der Waals surface area contributed by atoms with Crippen molar-refractivity contribution in [2.45, 2.75) is 31.5 Å². The van der Waals surface area contributed by atoms with Crippen LogP contribution in [0.4, 0.5) is 0 Å². The van der Waals surface area contributed by atoms with Gasteiger partial charge in [0.1, 0.15) is 11.8 Å². The summed E-state index contributed by atoms with van der Waals surface area (Å²) in [4.78, 5) is 12.6. The smallest absolute Gasteiger partial charge is 0.335 e. The minimum Gasteiger partial charge on any atom is -0.496 e. The molecule has 8 nitrogen and oxygen atoms in total. The van der Waals surface area contributed by atoms with E-state index in [2.05, 4.69) is 15.5 Å². The molecule has 0 bridgehead atoms. The molecule has 1 N–H and O–H groups in total. The van der Waals surface area contributed by atoms with Crippen LogP contribution in [0.3, 0.4) is 0 Å². The number of hydrogen-bond acceptors (Lipinski definition) is 7. The standard InChI is InChI=1S/C16H21N3O5S/c1-10(2)9-12(15-18-19-16(24-15)25(4,21)22)17-14(20)11-7-5-6-8-13(11)23-3/h5-8,10,12H,9H2,1-4H3,(H,17,20)/t12-/m0/s1. The lowest BCUT2D eigenvalue weighted by Crippen LogP contribution is -2.30. The van der Waals surface area contributed by atoms with Gasteiger partial charge in [-0.2, -0.15) is 0 Å². The first-order valence-corrected chi connectivity index (χ1v) is 9.58. The fourth-order valence-corrected chi connectivity index (χ4v) is 2.70. The van der Waals surface area contributed by atoms with Gasteiger partial charge in [0.25, 0.3) is 5.91 Å². The number of amides is 1. The van der Waals surface area contributed by atoms with E-state index >= 15 is 0 Å². The van der Waals surface area contributed by atoms with Crippen molar-refractivity contribution in [1.29, 1.82) is 0 Å². The van der Waals surface area contributed by atoms with Gasteiger partial charge in [-0.3, -0.25) is 4.79 Å². The minimum atomic E-state index is -3.61. The summed E-state index contributed by atoms with van der Waals surface area (Å²) in [5.41, 5.74) is 0.363. The number of hydrogen-bond donors (Lipinski definition) is 1. The number of sulfone groups is 1. The van der Waals surface area contributed by atoms with Crippen molar-refractivity contribution < 1.29 is 22.4 Å². The molecular formula is C16H21N3O5S. The molecule has 0 radical (unpaired) electrons. The number of methoxy groups -OCH3 is 1. The molecule has 136 valence electrons. The maximum absolute atomic E-state index is 12.6. The van der Waals surface area contributed by atoms with Gasteiger partial charge < -0.3 is 14.5 Å². The number of benzene rings is 1. The third-order valence-corrected chi connectivity index (χ3v) is 4.20. The van der Waals surface area contributed by atoms with Crippen LogP contribution in [0.25, 0.3) is 0 Å². The fourth-order valence-electron chi connectivity index (χ4n) is 2.27. The number of nitrogens with zero attached hydrogens (tertiary/aromatic N) is 2. The average Bonchev–Trinajstić information content (AvgIpc) is 3.04. The van der Waals surface area contributed by atoms with Crippen molar-refractivity contribution in [2.75, 3.05) is 13.4 Å². The van der Waals surface area contributed by atoms with Crippen molar-refractivity contribution in [3.8, 4) is 5.75 Å². The summed E-state index contributed by atoms with van der Waals surface area (Å²) in [5.74, 6) is 0.321. The first-order chi connectivity index (χ1) is 11.7. The monoisotopic (exact) mass is 367 g/mol. The predicted molar refractivity (Wildman–Crippen MR) is 90.1 cm³/mol. The van der Waals surface area contributed by atoms with E-state index in [0.717, 1.165) is 6.26 Å². The number of carbonyl (C=O) groups is 1. The lowest BCUT2D eigenvalue weighted by atomic mass is 10.0. The van der Waals surface area contributed by atoms with Crippen LogP contribution in [-0.4, -0.2) is 37.9 Å². The van der Waals surface area contributed by atoms with Crippen LogP contribution >= 0.6 is 0 Å².